The fourth-order valence-corrected chi connectivity index (χ4v) is 3.84. The number of benzene rings is 1. The van der Waals surface area contributed by atoms with Crippen LogP contribution in [0.1, 0.15) is 16.3 Å². The number of anilines is 1. The molecule has 0 amide bonds. The van der Waals surface area contributed by atoms with Gasteiger partial charge in [0.05, 0.1) is 18.6 Å². The van der Waals surface area contributed by atoms with E-state index in [0.717, 1.165) is 49.2 Å². The zero-order valence-electron chi connectivity index (χ0n) is 13.2. The molecule has 3 aromatic rings. The van der Waals surface area contributed by atoms with Crippen molar-refractivity contribution in [3.8, 4) is 0 Å². The summed E-state index contributed by atoms with van der Waals surface area (Å²) in [7, 11) is 0. The van der Waals surface area contributed by atoms with E-state index in [9.17, 15) is 0 Å². The van der Waals surface area contributed by atoms with Gasteiger partial charge in [-0.3, -0.25) is 0 Å². The molecule has 0 saturated carbocycles. The molecule has 2 aromatic heterocycles. The Labute approximate surface area is 139 Å². The SMILES string of the molecule is Cc1cc2c(N3CCOCC3)nc(Cc3ccccc3)nc2s1. The molecule has 3 heterocycles. The molecule has 0 radical (unpaired) electrons. The van der Waals surface area contributed by atoms with E-state index in [1.165, 1.54) is 15.8 Å². The first-order valence-corrected chi connectivity index (χ1v) is 8.75. The minimum atomic E-state index is 0.767. The third-order valence-electron chi connectivity index (χ3n) is 4.06. The highest BCUT2D eigenvalue weighted by atomic mass is 32.1. The van der Waals surface area contributed by atoms with Crippen molar-refractivity contribution in [2.75, 3.05) is 31.2 Å². The van der Waals surface area contributed by atoms with Gasteiger partial charge in [-0.05, 0) is 18.6 Å². The van der Waals surface area contributed by atoms with Gasteiger partial charge in [-0.1, -0.05) is 30.3 Å². The number of hydrogen-bond acceptors (Lipinski definition) is 5. The molecule has 118 valence electrons. The van der Waals surface area contributed by atoms with E-state index in [2.05, 4.69) is 42.2 Å². The summed E-state index contributed by atoms with van der Waals surface area (Å²) < 4.78 is 5.48. The Kier molecular flexibility index (Phi) is 3.97. The zero-order chi connectivity index (χ0) is 15.6. The number of fused-ring (bicyclic) bond motifs is 1. The summed E-state index contributed by atoms with van der Waals surface area (Å²) in [5.74, 6) is 1.96. The molecule has 0 bridgehead atoms. The van der Waals surface area contributed by atoms with Crippen molar-refractivity contribution in [1.82, 2.24) is 9.97 Å². The zero-order valence-corrected chi connectivity index (χ0v) is 14.0. The van der Waals surface area contributed by atoms with Gasteiger partial charge in [0.1, 0.15) is 16.5 Å². The average Bonchev–Trinajstić information content (AvgIpc) is 2.96. The smallest absolute Gasteiger partial charge is 0.141 e. The van der Waals surface area contributed by atoms with Gasteiger partial charge in [0, 0.05) is 24.4 Å². The number of rotatable bonds is 3. The number of ether oxygens (including phenoxy) is 1. The van der Waals surface area contributed by atoms with Crippen LogP contribution >= 0.6 is 11.3 Å². The van der Waals surface area contributed by atoms with Gasteiger partial charge >= 0.3 is 0 Å². The van der Waals surface area contributed by atoms with E-state index < -0.39 is 0 Å². The van der Waals surface area contributed by atoms with Crippen LogP contribution in [-0.4, -0.2) is 36.3 Å². The Morgan fingerprint density at radius 3 is 2.70 bits per heavy atom. The maximum absolute atomic E-state index is 5.48. The van der Waals surface area contributed by atoms with Gasteiger partial charge < -0.3 is 9.64 Å². The number of morpholine rings is 1. The lowest BCUT2D eigenvalue weighted by Gasteiger charge is -2.28. The molecule has 4 rings (SSSR count). The molecule has 0 N–H and O–H groups in total. The predicted molar refractivity (Wildman–Crippen MR) is 94.4 cm³/mol. The van der Waals surface area contributed by atoms with Crippen molar-refractivity contribution < 1.29 is 4.74 Å². The summed E-state index contributed by atoms with van der Waals surface area (Å²) in [5.41, 5.74) is 1.24. The Balaban J connectivity index is 1.76. The van der Waals surface area contributed by atoms with Crippen LogP contribution < -0.4 is 4.90 Å². The summed E-state index contributed by atoms with van der Waals surface area (Å²) in [6.45, 7) is 5.45. The summed E-state index contributed by atoms with van der Waals surface area (Å²) in [5, 5.41) is 1.17. The highest BCUT2D eigenvalue weighted by molar-refractivity contribution is 7.18. The first-order valence-electron chi connectivity index (χ1n) is 7.93. The lowest BCUT2D eigenvalue weighted by atomic mass is 10.1. The molecular weight excluding hydrogens is 306 g/mol. The van der Waals surface area contributed by atoms with Crippen molar-refractivity contribution >= 4 is 27.4 Å². The fourth-order valence-electron chi connectivity index (χ4n) is 2.94. The summed E-state index contributed by atoms with van der Waals surface area (Å²) >= 11 is 1.75. The molecule has 1 aliphatic heterocycles. The molecule has 1 aliphatic rings. The van der Waals surface area contributed by atoms with Gasteiger partial charge in [0.2, 0.25) is 0 Å². The van der Waals surface area contributed by atoms with Gasteiger partial charge in [-0.15, -0.1) is 11.3 Å². The molecular formula is C18H19N3OS. The maximum atomic E-state index is 5.48. The average molecular weight is 325 g/mol. The summed E-state index contributed by atoms with van der Waals surface area (Å²) in [6.07, 6.45) is 0.769. The second-order valence-corrected chi connectivity index (χ2v) is 7.04. The molecule has 0 aliphatic carbocycles. The van der Waals surface area contributed by atoms with Crippen LogP contribution in [0.2, 0.25) is 0 Å². The van der Waals surface area contributed by atoms with Gasteiger partial charge in [-0.25, -0.2) is 9.97 Å². The van der Waals surface area contributed by atoms with Crippen molar-refractivity contribution in [1.29, 1.82) is 0 Å². The minimum Gasteiger partial charge on any atom is -0.378 e. The van der Waals surface area contributed by atoms with Crippen molar-refractivity contribution in [2.24, 2.45) is 0 Å². The van der Waals surface area contributed by atoms with Crippen LogP contribution in [0.25, 0.3) is 10.2 Å². The highest BCUT2D eigenvalue weighted by Gasteiger charge is 2.18. The molecule has 5 heteroatoms. The topological polar surface area (TPSA) is 38.2 Å². The summed E-state index contributed by atoms with van der Waals surface area (Å²) in [4.78, 5) is 14.4. The molecule has 0 unspecified atom stereocenters. The number of thiophene rings is 1. The molecule has 0 spiro atoms. The van der Waals surface area contributed by atoms with E-state index in [1.54, 1.807) is 11.3 Å². The molecule has 0 atom stereocenters. The normalized spacial score (nSPS) is 15.3. The van der Waals surface area contributed by atoms with Crippen LogP contribution in [0.5, 0.6) is 0 Å². The van der Waals surface area contributed by atoms with E-state index >= 15 is 0 Å². The van der Waals surface area contributed by atoms with Gasteiger partial charge in [-0.2, -0.15) is 0 Å². The maximum Gasteiger partial charge on any atom is 0.141 e. The van der Waals surface area contributed by atoms with E-state index in [4.69, 9.17) is 14.7 Å². The van der Waals surface area contributed by atoms with Crippen molar-refractivity contribution in [2.45, 2.75) is 13.3 Å². The monoisotopic (exact) mass is 325 g/mol. The second-order valence-electron chi connectivity index (χ2n) is 5.80. The van der Waals surface area contributed by atoms with Crippen molar-refractivity contribution in [3.63, 3.8) is 0 Å². The number of aromatic nitrogens is 2. The van der Waals surface area contributed by atoms with Crippen LogP contribution in [0.15, 0.2) is 36.4 Å². The third-order valence-corrected chi connectivity index (χ3v) is 5.00. The Hall–Kier alpha value is -1.98. The Morgan fingerprint density at radius 2 is 1.91 bits per heavy atom. The number of hydrogen-bond donors (Lipinski definition) is 0. The molecule has 1 fully saturated rings. The van der Waals surface area contributed by atoms with Crippen LogP contribution in [-0.2, 0) is 11.2 Å². The third kappa shape index (κ3) is 3.07. The fraction of sp³-hybridized carbons (Fsp3) is 0.333. The first kappa shape index (κ1) is 14.6. The van der Waals surface area contributed by atoms with Crippen LogP contribution in [0, 0.1) is 6.92 Å². The van der Waals surface area contributed by atoms with Crippen LogP contribution in [0.3, 0.4) is 0 Å². The lowest BCUT2D eigenvalue weighted by molar-refractivity contribution is 0.122. The Bertz CT molecular complexity index is 810. The predicted octanol–water partition coefficient (Wildman–Crippen LogP) is 3.43. The molecule has 1 saturated heterocycles. The van der Waals surface area contributed by atoms with E-state index in [1.807, 2.05) is 6.07 Å². The molecule has 4 nitrogen and oxygen atoms in total. The second kappa shape index (κ2) is 6.26. The first-order chi connectivity index (χ1) is 11.3. The largest absolute Gasteiger partial charge is 0.378 e. The molecule has 1 aromatic carbocycles. The van der Waals surface area contributed by atoms with E-state index in [-0.39, 0.29) is 0 Å². The van der Waals surface area contributed by atoms with Gasteiger partial charge in [0.25, 0.3) is 0 Å². The lowest BCUT2D eigenvalue weighted by Crippen LogP contribution is -2.37. The van der Waals surface area contributed by atoms with Crippen LogP contribution in [0.4, 0.5) is 5.82 Å². The summed E-state index contributed by atoms with van der Waals surface area (Å²) in [6, 6.07) is 12.6. The number of aryl methyl sites for hydroxylation is 1. The minimum absolute atomic E-state index is 0.767. The quantitative estimate of drug-likeness (QED) is 0.739. The Morgan fingerprint density at radius 1 is 1.13 bits per heavy atom. The number of nitrogens with zero attached hydrogens (tertiary/aromatic N) is 3. The highest BCUT2D eigenvalue weighted by Crippen LogP contribution is 2.31. The van der Waals surface area contributed by atoms with E-state index in [0.29, 0.717) is 0 Å². The van der Waals surface area contributed by atoms with Crippen molar-refractivity contribution in [3.05, 3.63) is 52.7 Å². The van der Waals surface area contributed by atoms with Gasteiger partial charge in [0.15, 0.2) is 0 Å². The molecule has 23 heavy (non-hydrogen) atoms. The standard InChI is InChI=1S/C18H19N3OS/c1-13-11-15-17(21-7-9-22-10-8-21)19-16(20-18(15)23-13)12-14-5-3-2-4-6-14/h2-6,11H,7-10,12H2,1H3.